The summed E-state index contributed by atoms with van der Waals surface area (Å²) in [6, 6.07) is 2.41. The molecular formula is C15H28N2O. The standard InChI is InChI=1S/C15H28N2O/c1-4-5-6-7-8-9-15(18)12-14-10-11-17(16-14)13(2)3/h10-11,13,15,18H,4-9,12H2,1-3H3. The van der Waals surface area contributed by atoms with Gasteiger partial charge in [-0.2, -0.15) is 5.10 Å². The molecule has 0 spiro atoms. The molecule has 0 radical (unpaired) electrons. The lowest BCUT2D eigenvalue weighted by Gasteiger charge is -2.09. The fourth-order valence-electron chi connectivity index (χ4n) is 2.10. The van der Waals surface area contributed by atoms with Crippen LogP contribution in [-0.4, -0.2) is 21.0 Å². The third-order valence-corrected chi connectivity index (χ3v) is 3.28. The Bertz CT molecular complexity index is 320. The molecule has 1 aromatic heterocycles. The molecule has 0 aliphatic carbocycles. The van der Waals surface area contributed by atoms with Crippen molar-refractivity contribution in [1.82, 2.24) is 9.78 Å². The largest absolute Gasteiger partial charge is 0.393 e. The van der Waals surface area contributed by atoms with Gasteiger partial charge in [0.2, 0.25) is 0 Å². The minimum Gasteiger partial charge on any atom is -0.393 e. The van der Waals surface area contributed by atoms with Crippen LogP contribution in [0.4, 0.5) is 0 Å². The van der Waals surface area contributed by atoms with Crippen LogP contribution in [0.25, 0.3) is 0 Å². The van der Waals surface area contributed by atoms with Crippen LogP contribution in [0.15, 0.2) is 12.3 Å². The van der Waals surface area contributed by atoms with Gasteiger partial charge in [0.05, 0.1) is 11.8 Å². The lowest BCUT2D eigenvalue weighted by Crippen LogP contribution is -2.11. The fourth-order valence-corrected chi connectivity index (χ4v) is 2.10. The molecule has 1 unspecified atom stereocenters. The quantitative estimate of drug-likeness (QED) is 0.680. The van der Waals surface area contributed by atoms with Gasteiger partial charge in [-0.3, -0.25) is 4.68 Å². The molecule has 1 N–H and O–H groups in total. The zero-order valence-corrected chi connectivity index (χ0v) is 12.1. The van der Waals surface area contributed by atoms with Crippen LogP contribution in [0.5, 0.6) is 0 Å². The Morgan fingerprint density at radius 3 is 2.56 bits per heavy atom. The van der Waals surface area contributed by atoms with Crippen molar-refractivity contribution in [3.05, 3.63) is 18.0 Å². The lowest BCUT2D eigenvalue weighted by molar-refractivity contribution is 0.159. The number of unbranched alkanes of at least 4 members (excludes halogenated alkanes) is 4. The number of aromatic nitrogens is 2. The monoisotopic (exact) mass is 252 g/mol. The summed E-state index contributed by atoms with van der Waals surface area (Å²) in [5.41, 5.74) is 1.00. The van der Waals surface area contributed by atoms with Gasteiger partial charge in [0.1, 0.15) is 0 Å². The molecule has 0 aliphatic rings. The normalized spacial score (nSPS) is 13.2. The van der Waals surface area contributed by atoms with Crippen molar-refractivity contribution >= 4 is 0 Å². The summed E-state index contributed by atoms with van der Waals surface area (Å²) in [4.78, 5) is 0. The first-order chi connectivity index (χ1) is 8.63. The topological polar surface area (TPSA) is 38.0 Å². The molecule has 0 aliphatic heterocycles. The molecule has 1 aromatic rings. The molecule has 0 saturated carbocycles. The zero-order chi connectivity index (χ0) is 13.4. The van der Waals surface area contributed by atoms with Gasteiger partial charge in [0.15, 0.2) is 0 Å². The smallest absolute Gasteiger partial charge is 0.0650 e. The zero-order valence-electron chi connectivity index (χ0n) is 12.1. The van der Waals surface area contributed by atoms with E-state index < -0.39 is 0 Å². The highest BCUT2D eigenvalue weighted by molar-refractivity contribution is 5.01. The first kappa shape index (κ1) is 15.2. The molecule has 0 amide bonds. The van der Waals surface area contributed by atoms with Crippen LogP contribution in [0.2, 0.25) is 0 Å². The van der Waals surface area contributed by atoms with Crippen molar-refractivity contribution < 1.29 is 5.11 Å². The highest BCUT2D eigenvalue weighted by Gasteiger charge is 2.08. The molecule has 0 bridgehead atoms. The second-order valence-electron chi connectivity index (χ2n) is 5.44. The van der Waals surface area contributed by atoms with E-state index in [9.17, 15) is 5.11 Å². The van der Waals surface area contributed by atoms with Gasteiger partial charge in [0, 0.05) is 18.7 Å². The summed E-state index contributed by atoms with van der Waals surface area (Å²) in [5, 5.41) is 14.4. The molecule has 0 fully saturated rings. The van der Waals surface area contributed by atoms with Crippen LogP contribution in [0, 0.1) is 0 Å². The highest BCUT2D eigenvalue weighted by Crippen LogP contribution is 2.11. The summed E-state index contributed by atoms with van der Waals surface area (Å²) >= 11 is 0. The van der Waals surface area contributed by atoms with Crippen molar-refractivity contribution in [2.75, 3.05) is 0 Å². The van der Waals surface area contributed by atoms with Gasteiger partial charge in [-0.1, -0.05) is 39.0 Å². The van der Waals surface area contributed by atoms with E-state index in [1.807, 2.05) is 16.9 Å². The third-order valence-electron chi connectivity index (χ3n) is 3.28. The Kier molecular flexibility index (Phi) is 7.02. The lowest BCUT2D eigenvalue weighted by atomic mass is 10.1. The summed E-state index contributed by atoms with van der Waals surface area (Å²) in [6.07, 6.45) is 9.61. The van der Waals surface area contributed by atoms with E-state index in [0.717, 1.165) is 18.5 Å². The first-order valence-electron chi connectivity index (χ1n) is 7.35. The summed E-state index contributed by atoms with van der Waals surface area (Å²) < 4.78 is 1.95. The second kappa shape index (κ2) is 8.30. The Balaban J connectivity index is 2.20. The van der Waals surface area contributed by atoms with Crippen molar-refractivity contribution in [2.24, 2.45) is 0 Å². The van der Waals surface area contributed by atoms with Gasteiger partial charge in [0.25, 0.3) is 0 Å². The number of aliphatic hydroxyl groups excluding tert-OH is 1. The molecule has 3 nitrogen and oxygen atoms in total. The maximum Gasteiger partial charge on any atom is 0.0650 e. The summed E-state index contributed by atoms with van der Waals surface area (Å²) in [6.45, 7) is 6.45. The maximum absolute atomic E-state index is 9.96. The van der Waals surface area contributed by atoms with Crippen LogP contribution >= 0.6 is 0 Å². The Morgan fingerprint density at radius 2 is 1.94 bits per heavy atom. The Hall–Kier alpha value is -0.830. The minimum absolute atomic E-state index is 0.234. The van der Waals surface area contributed by atoms with Gasteiger partial charge >= 0.3 is 0 Å². The Morgan fingerprint density at radius 1 is 1.22 bits per heavy atom. The Labute approximate surface area is 111 Å². The average molecular weight is 252 g/mol. The first-order valence-corrected chi connectivity index (χ1v) is 7.35. The molecule has 1 heterocycles. The van der Waals surface area contributed by atoms with Gasteiger partial charge in [-0.15, -0.1) is 0 Å². The molecule has 104 valence electrons. The van der Waals surface area contributed by atoms with Crippen LogP contribution < -0.4 is 0 Å². The number of aliphatic hydroxyl groups is 1. The van der Waals surface area contributed by atoms with E-state index in [4.69, 9.17) is 0 Å². The molecule has 3 heteroatoms. The summed E-state index contributed by atoms with van der Waals surface area (Å²) in [7, 11) is 0. The predicted octanol–water partition coefficient (Wildman–Crippen LogP) is 3.73. The molecule has 0 aromatic carbocycles. The maximum atomic E-state index is 9.96. The van der Waals surface area contributed by atoms with Crippen molar-refractivity contribution in [1.29, 1.82) is 0 Å². The molecule has 1 atom stereocenters. The van der Waals surface area contributed by atoms with E-state index in [0.29, 0.717) is 12.5 Å². The third kappa shape index (κ3) is 5.67. The number of rotatable bonds is 9. The van der Waals surface area contributed by atoms with E-state index in [2.05, 4.69) is 25.9 Å². The van der Waals surface area contributed by atoms with E-state index in [-0.39, 0.29) is 6.10 Å². The minimum atomic E-state index is -0.234. The summed E-state index contributed by atoms with van der Waals surface area (Å²) in [5.74, 6) is 0. The van der Waals surface area contributed by atoms with Crippen molar-refractivity contribution in [2.45, 2.75) is 77.9 Å². The van der Waals surface area contributed by atoms with Crippen LogP contribution in [0.3, 0.4) is 0 Å². The SMILES string of the molecule is CCCCCCCC(O)Cc1ccn(C(C)C)n1. The molecule has 18 heavy (non-hydrogen) atoms. The van der Waals surface area contributed by atoms with Gasteiger partial charge in [-0.25, -0.2) is 0 Å². The fraction of sp³-hybridized carbons (Fsp3) is 0.800. The van der Waals surface area contributed by atoms with E-state index >= 15 is 0 Å². The van der Waals surface area contributed by atoms with Crippen molar-refractivity contribution in [3.8, 4) is 0 Å². The molecular weight excluding hydrogens is 224 g/mol. The van der Waals surface area contributed by atoms with E-state index in [1.54, 1.807) is 0 Å². The average Bonchev–Trinajstić information content (AvgIpc) is 2.77. The van der Waals surface area contributed by atoms with Crippen LogP contribution in [0.1, 0.15) is 71.0 Å². The number of nitrogens with zero attached hydrogens (tertiary/aromatic N) is 2. The second-order valence-corrected chi connectivity index (χ2v) is 5.44. The van der Waals surface area contributed by atoms with Gasteiger partial charge < -0.3 is 5.11 Å². The highest BCUT2D eigenvalue weighted by atomic mass is 16.3. The predicted molar refractivity (Wildman–Crippen MR) is 75.7 cm³/mol. The van der Waals surface area contributed by atoms with Gasteiger partial charge in [-0.05, 0) is 26.3 Å². The van der Waals surface area contributed by atoms with Crippen molar-refractivity contribution in [3.63, 3.8) is 0 Å². The van der Waals surface area contributed by atoms with E-state index in [1.165, 1.54) is 25.7 Å². The van der Waals surface area contributed by atoms with Crippen LogP contribution in [-0.2, 0) is 6.42 Å². The molecule has 1 rings (SSSR count). The number of hydrogen-bond acceptors (Lipinski definition) is 2. The molecule has 0 saturated heterocycles. The number of hydrogen-bond donors (Lipinski definition) is 1.